The van der Waals surface area contributed by atoms with E-state index in [1.165, 1.54) is 0 Å². The van der Waals surface area contributed by atoms with Gasteiger partial charge in [-0.3, -0.25) is 4.68 Å². The van der Waals surface area contributed by atoms with Gasteiger partial charge in [0.15, 0.2) is 0 Å². The summed E-state index contributed by atoms with van der Waals surface area (Å²) in [4.78, 5) is 0. The smallest absolute Gasteiger partial charge is 0.126 e. The van der Waals surface area contributed by atoms with Crippen molar-refractivity contribution in [3.8, 4) is 11.1 Å². The largest absolute Gasteiger partial charge is 0.275 e. The molecule has 3 heteroatoms. The highest BCUT2D eigenvalue weighted by molar-refractivity contribution is 5.86. The quantitative estimate of drug-likeness (QED) is 0.642. The minimum Gasteiger partial charge on any atom is -0.275 e. The summed E-state index contributed by atoms with van der Waals surface area (Å²) in [6, 6.07) is 9.49. The number of aromatic nitrogens is 2. The van der Waals surface area contributed by atoms with E-state index in [0.29, 0.717) is 5.56 Å². The Hall–Kier alpha value is -2.16. The third kappa shape index (κ3) is 2.01. The molecule has 0 saturated carbocycles. The van der Waals surface area contributed by atoms with Crippen LogP contribution in [-0.2, 0) is 7.05 Å². The Labute approximate surface area is 111 Å². The molecule has 3 rings (SSSR count). The van der Waals surface area contributed by atoms with Crippen molar-refractivity contribution in [1.82, 2.24) is 9.78 Å². The fourth-order valence-corrected chi connectivity index (χ4v) is 2.37. The SMILES string of the molecule is Cc1ccc(-c2cc3cn(C)nc3cc2C)cc1F. The van der Waals surface area contributed by atoms with Gasteiger partial charge in [-0.05, 0) is 54.3 Å². The van der Waals surface area contributed by atoms with Crippen LogP contribution in [0.5, 0.6) is 0 Å². The van der Waals surface area contributed by atoms with Gasteiger partial charge in [-0.2, -0.15) is 5.10 Å². The first kappa shape index (κ1) is 11.9. The van der Waals surface area contributed by atoms with Crippen LogP contribution in [0.1, 0.15) is 11.1 Å². The van der Waals surface area contributed by atoms with Crippen molar-refractivity contribution in [3.05, 3.63) is 53.5 Å². The monoisotopic (exact) mass is 254 g/mol. The summed E-state index contributed by atoms with van der Waals surface area (Å²) in [7, 11) is 1.90. The van der Waals surface area contributed by atoms with Crippen LogP contribution in [-0.4, -0.2) is 9.78 Å². The van der Waals surface area contributed by atoms with Gasteiger partial charge in [0.25, 0.3) is 0 Å². The molecule has 0 amide bonds. The number of hydrogen-bond donors (Lipinski definition) is 0. The average Bonchev–Trinajstić information content (AvgIpc) is 2.71. The van der Waals surface area contributed by atoms with Crippen LogP contribution < -0.4 is 0 Å². The van der Waals surface area contributed by atoms with Crippen LogP contribution in [0.3, 0.4) is 0 Å². The lowest BCUT2D eigenvalue weighted by molar-refractivity contribution is 0.619. The molecule has 0 N–H and O–H groups in total. The molecule has 2 aromatic carbocycles. The molecular formula is C16H15FN2. The van der Waals surface area contributed by atoms with Crippen LogP contribution >= 0.6 is 0 Å². The zero-order chi connectivity index (χ0) is 13.6. The molecule has 1 aromatic heterocycles. The second kappa shape index (κ2) is 4.19. The summed E-state index contributed by atoms with van der Waals surface area (Å²) in [5.41, 5.74) is 4.71. The summed E-state index contributed by atoms with van der Waals surface area (Å²) in [5, 5.41) is 5.46. The first-order valence-corrected chi connectivity index (χ1v) is 6.25. The van der Waals surface area contributed by atoms with E-state index in [2.05, 4.69) is 11.2 Å². The van der Waals surface area contributed by atoms with E-state index >= 15 is 0 Å². The van der Waals surface area contributed by atoms with E-state index in [9.17, 15) is 4.39 Å². The summed E-state index contributed by atoms with van der Waals surface area (Å²) in [5.74, 6) is -0.164. The van der Waals surface area contributed by atoms with E-state index in [1.54, 1.807) is 17.7 Å². The Bertz CT molecular complexity index is 772. The first-order valence-electron chi connectivity index (χ1n) is 6.25. The summed E-state index contributed by atoms with van der Waals surface area (Å²) in [6.45, 7) is 3.80. The van der Waals surface area contributed by atoms with Crippen molar-refractivity contribution in [2.24, 2.45) is 7.05 Å². The van der Waals surface area contributed by atoms with Gasteiger partial charge in [-0.15, -0.1) is 0 Å². The molecule has 0 aliphatic heterocycles. The van der Waals surface area contributed by atoms with Crippen LogP contribution in [0.25, 0.3) is 22.0 Å². The number of rotatable bonds is 1. The van der Waals surface area contributed by atoms with Crippen molar-refractivity contribution >= 4 is 10.9 Å². The molecule has 96 valence electrons. The molecule has 3 aromatic rings. The van der Waals surface area contributed by atoms with Crippen molar-refractivity contribution in [2.45, 2.75) is 13.8 Å². The third-order valence-electron chi connectivity index (χ3n) is 3.45. The molecule has 0 aliphatic carbocycles. The Kier molecular flexibility index (Phi) is 2.63. The number of fused-ring (bicyclic) bond motifs is 1. The van der Waals surface area contributed by atoms with Gasteiger partial charge >= 0.3 is 0 Å². The summed E-state index contributed by atoms with van der Waals surface area (Å²) in [6.07, 6.45) is 1.98. The van der Waals surface area contributed by atoms with Gasteiger partial charge in [0, 0.05) is 18.6 Å². The van der Waals surface area contributed by atoms with E-state index < -0.39 is 0 Å². The molecule has 0 fully saturated rings. The Balaban J connectivity index is 2.23. The Morgan fingerprint density at radius 3 is 2.58 bits per heavy atom. The highest BCUT2D eigenvalue weighted by Gasteiger charge is 2.08. The van der Waals surface area contributed by atoms with Gasteiger partial charge < -0.3 is 0 Å². The second-order valence-corrected chi connectivity index (χ2v) is 4.99. The standard InChI is InChI=1S/C16H15FN2/c1-10-4-5-12(8-15(10)17)14-7-13-9-19(3)18-16(13)6-11(14)2/h4-9H,1-3H3. The maximum absolute atomic E-state index is 13.7. The fourth-order valence-electron chi connectivity index (χ4n) is 2.37. The molecule has 1 heterocycles. The molecule has 0 radical (unpaired) electrons. The number of benzene rings is 2. The van der Waals surface area contributed by atoms with Crippen LogP contribution in [0.2, 0.25) is 0 Å². The Morgan fingerprint density at radius 1 is 1.05 bits per heavy atom. The normalized spacial score (nSPS) is 11.2. The lowest BCUT2D eigenvalue weighted by Crippen LogP contribution is -1.88. The summed E-state index contributed by atoms with van der Waals surface area (Å²) < 4.78 is 15.5. The number of nitrogens with zero attached hydrogens (tertiary/aromatic N) is 2. The maximum Gasteiger partial charge on any atom is 0.126 e. The number of hydrogen-bond acceptors (Lipinski definition) is 1. The molecule has 19 heavy (non-hydrogen) atoms. The second-order valence-electron chi connectivity index (χ2n) is 4.99. The first-order chi connectivity index (χ1) is 9.04. The average molecular weight is 254 g/mol. The minimum atomic E-state index is -0.164. The van der Waals surface area contributed by atoms with Crippen LogP contribution in [0.4, 0.5) is 4.39 Å². The van der Waals surface area contributed by atoms with Gasteiger partial charge in [0.1, 0.15) is 5.82 Å². The van der Waals surface area contributed by atoms with Crippen LogP contribution in [0.15, 0.2) is 36.5 Å². The molecule has 0 spiro atoms. The van der Waals surface area contributed by atoms with Crippen molar-refractivity contribution in [2.75, 3.05) is 0 Å². The minimum absolute atomic E-state index is 0.164. The van der Waals surface area contributed by atoms with E-state index in [4.69, 9.17) is 0 Å². The lowest BCUT2D eigenvalue weighted by atomic mass is 9.98. The highest BCUT2D eigenvalue weighted by atomic mass is 19.1. The van der Waals surface area contributed by atoms with Crippen molar-refractivity contribution in [3.63, 3.8) is 0 Å². The summed E-state index contributed by atoms with van der Waals surface area (Å²) >= 11 is 0. The molecule has 0 aliphatic rings. The molecular weight excluding hydrogens is 239 g/mol. The number of aryl methyl sites for hydroxylation is 3. The molecule has 0 unspecified atom stereocenters. The van der Waals surface area contributed by atoms with Gasteiger partial charge in [0.2, 0.25) is 0 Å². The third-order valence-corrected chi connectivity index (χ3v) is 3.45. The van der Waals surface area contributed by atoms with Crippen LogP contribution in [0, 0.1) is 19.7 Å². The topological polar surface area (TPSA) is 17.8 Å². The van der Waals surface area contributed by atoms with E-state index in [1.807, 2.05) is 38.4 Å². The fraction of sp³-hybridized carbons (Fsp3) is 0.188. The predicted octanol–water partition coefficient (Wildman–Crippen LogP) is 4.00. The van der Waals surface area contributed by atoms with Gasteiger partial charge in [0.05, 0.1) is 5.52 Å². The van der Waals surface area contributed by atoms with E-state index in [-0.39, 0.29) is 5.82 Å². The van der Waals surface area contributed by atoms with Gasteiger partial charge in [-0.25, -0.2) is 4.39 Å². The molecule has 0 saturated heterocycles. The maximum atomic E-state index is 13.7. The van der Waals surface area contributed by atoms with Crippen molar-refractivity contribution < 1.29 is 4.39 Å². The Morgan fingerprint density at radius 2 is 1.84 bits per heavy atom. The molecule has 0 bridgehead atoms. The van der Waals surface area contributed by atoms with E-state index in [0.717, 1.165) is 27.6 Å². The number of halogens is 1. The van der Waals surface area contributed by atoms with Gasteiger partial charge in [-0.1, -0.05) is 12.1 Å². The predicted molar refractivity (Wildman–Crippen MR) is 75.6 cm³/mol. The van der Waals surface area contributed by atoms with Crippen molar-refractivity contribution in [1.29, 1.82) is 0 Å². The zero-order valence-electron chi connectivity index (χ0n) is 11.2. The lowest BCUT2D eigenvalue weighted by Gasteiger charge is -2.07. The highest BCUT2D eigenvalue weighted by Crippen LogP contribution is 2.28. The molecule has 2 nitrogen and oxygen atoms in total. The molecule has 0 atom stereocenters. The zero-order valence-corrected chi connectivity index (χ0v) is 11.2.